The molecule has 23 heavy (non-hydrogen) atoms. The summed E-state index contributed by atoms with van der Waals surface area (Å²) in [7, 11) is 1.75. The van der Waals surface area contributed by atoms with Crippen LogP contribution < -0.4 is 21.7 Å². The summed E-state index contributed by atoms with van der Waals surface area (Å²) in [6.45, 7) is -0.585. The molecule has 130 valence electrons. The van der Waals surface area contributed by atoms with Crippen LogP contribution in [0.15, 0.2) is 10.4 Å². The van der Waals surface area contributed by atoms with Gasteiger partial charge in [0.05, 0.1) is 5.69 Å². The molecule has 0 aromatic carbocycles. The zero-order valence-electron chi connectivity index (χ0n) is 12.2. The van der Waals surface area contributed by atoms with E-state index < -0.39 is 12.7 Å². The molecule has 0 aliphatic rings. The lowest BCUT2D eigenvalue weighted by atomic mass is 10.6. The Bertz CT molecular complexity index is 531. The van der Waals surface area contributed by atoms with Gasteiger partial charge in [-0.3, -0.25) is 0 Å². The zero-order chi connectivity index (χ0) is 17.3. The number of nitrogens with two attached hydrogens (primary N) is 1. The third-order valence-corrected chi connectivity index (χ3v) is 4.37. The predicted octanol–water partition coefficient (Wildman–Crippen LogP) is 1.76. The minimum absolute atomic E-state index is 0.305. The number of hydrogen-bond acceptors (Lipinski definition) is 5. The molecule has 0 bridgehead atoms. The number of aliphatic imine (C=N–C) groups is 1. The van der Waals surface area contributed by atoms with Gasteiger partial charge in [0.25, 0.3) is 0 Å². The average Bonchev–Trinajstić information content (AvgIpc) is 2.91. The Kier molecular flexibility index (Phi) is 8.41. The first-order valence-electron chi connectivity index (χ1n) is 6.41. The summed E-state index contributed by atoms with van der Waals surface area (Å²) < 4.78 is 36.0. The molecule has 0 aliphatic heterocycles. The standard InChI is InChI=1S/C11H17F3N6S3/c1-16-9(21)17-2-3-22-4-7-5-23-10(19-7)20-8(15)18-6-11(12,13)14/h5H,2-4,6H2,1H3,(H2,16,17,21)(H3,15,18,19,20). The van der Waals surface area contributed by atoms with E-state index in [1.807, 2.05) is 5.38 Å². The third kappa shape index (κ3) is 9.46. The SMILES string of the molecule is CNC(=S)NCCSCc1csc(NC(N)=NCC(F)(F)F)n1. The second-order valence-electron chi connectivity index (χ2n) is 4.14. The van der Waals surface area contributed by atoms with Gasteiger partial charge in [-0.2, -0.15) is 24.9 Å². The highest BCUT2D eigenvalue weighted by atomic mass is 32.2. The van der Waals surface area contributed by atoms with Crippen molar-refractivity contribution < 1.29 is 13.2 Å². The third-order valence-electron chi connectivity index (χ3n) is 2.22. The highest BCUT2D eigenvalue weighted by Crippen LogP contribution is 2.19. The van der Waals surface area contributed by atoms with Gasteiger partial charge in [0.2, 0.25) is 0 Å². The average molecular weight is 386 g/mol. The van der Waals surface area contributed by atoms with E-state index in [2.05, 4.69) is 25.9 Å². The van der Waals surface area contributed by atoms with Crippen molar-refractivity contribution in [2.45, 2.75) is 11.9 Å². The van der Waals surface area contributed by atoms with Gasteiger partial charge in [0, 0.05) is 30.5 Å². The molecule has 1 aromatic heterocycles. The van der Waals surface area contributed by atoms with Crippen LogP contribution in [0, 0.1) is 0 Å². The molecule has 5 N–H and O–H groups in total. The van der Waals surface area contributed by atoms with Gasteiger partial charge < -0.3 is 21.7 Å². The second-order valence-corrected chi connectivity index (χ2v) is 6.52. The van der Waals surface area contributed by atoms with Crippen molar-refractivity contribution in [1.82, 2.24) is 15.6 Å². The Balaban J connectivity index is 2.30. The van der Waals surface area contributed by atoms with Crippen LogP contribution in [0.25, 0.3) is 0 Å². The molecule has 1 aromatic rings. The van der Waals surface area contributed by atoms with Crippen molar-refractivity contribution in [2.75, 3.05) is 31.2 Å². The van der Waals surface area contributed by atoms with E-state index in [1.54, 1.807) is 18.8 Å². The summed E-state index contributed by atoms with van der Waals surface area (Å²) in [6.07, 6.45) is -4.37. The zero-order valence-corrected chi connectivity index (χ0v) is 14.7. The number of anilines is 1. The van der Waals surface area contributed by atoms with E-state index in [-0.39, 0.29) is 5.96 Å². The van der Waals surface area contributed by atoms with E-state index in [0.717, 1.165) is 18.0 Å². The fourth-order valence-corrected chi connectivity index (χ4v) is 2.93. The number of thiocarbonyl (C=S) groups is 1. The highest BCUT2D eigenvalue weighted by Gasteiger charge is 2.26. The number of aromatic nitrogens is 1. The van der Waals surface area contributed by atoms with Gasteiger partial charge in [-0.25, -0.2) is 9.98 Å². The van der Waals surface area contributed by atoms with Gasteiger partial charge in [-0.15, -0.1) is 11.3 Å². The van der Waals surface area contributed by atoms with E-state index >= 15 is 0 Å². The Morgan fingerprint density at radius 1 is 1.52 bits per heavy atom. The summed E-state index contributed by atoms with van der Waals surface area (Å²) in [4.78, 5) is 7.43. The number of hydrogen-bond donors (Lipinski definition) is 4. The van der Waals surface area contributed by atoms with Crippen LogP contribution in [0.5, 0.6) is 0 Å². The molecule has 12 heteroatoms. The molecule has 0 aliphatic carbocycles. The first-order chi connectivity index (χ1) is 10.8. The lowest BCUT2D eigenvalue weighted by Crippen LogP contribution is -2.33. The number of nitrogens with one attached hydrogen (secondary N) is 3. The topological polar surface area (TPSA) is 87.4 Å². The summed E-state index contributed by atoms with van der Waals surface area (Å²) in [5, 5.41) is 11.2. The second kappa shape index (κ2) is 9.78. The van der Waals surface area contributed by atoms with Gasteiger partial charge in [-0.05, 0) is 12.2 Å². The smallest absolute Gasteiger partial charge is 0.370 e. The summed E-state index contributed by atoms with van der Waals surface area (Å²) in [6, 6.07) is 0. The molecule has 0 radical (unpaired) electrons. The Morgan fingerprint density at radius 3 is 2.91 bits per heavy atom. The number of alkyl halides is 3. The summed E-state index contributed by atoms with van der Waals surface area (Å²) in [5.41, 5.74) is 6.20. The van der Waals surface area contributed by atoms with Crippen LogP contribution >= 0.6 is 35.3 Å². The Hall–Kier alpha value is -1.27. The van der Waals surface area contributed by atoms with Crippen molar-refractivity contribution in [1.29, 1.82) is 0 Å². The molecule has 1 rings (SSSR count). The van der Waals surface area contributed by atoms with Gasteiger partial charge >= 0.3 is 6.18 Å². The quantitative estimate of drug-likeness (QED) is 0.246. The molecular weight excluding hydrogens is 369 g/mol. The highest BCUT2D eigenvalue weighted by molar-refractivity contribution is 7.98. The maximum atomic E-state index is 12.0. The maximum absolute atomic E-state index is 12.0. The monoisotopic (exact) mass is 386 g/mol. The van der Waals surface area contributed by atoms with E-state index in [9.17, 15) is 13.2 Å². The first kappa shape index (κ1) is 19.8. The number of rotatable bonds is 7. The molecule has 0 saturated heterocycles. The molecule has 0 atom stereocenters. The van der Waals surface area contributed by atoms with Crippen LogP contribution in [0.2, 0.25) is 0 Å². The van der Waals surface area contributed by atoms with Gasteiger partial charge in [0.15, 0.2) is 16.2 Å². The predicted molar refractivity (Wildman–Crippen MR) is 94.1 cm³/mol. The maximum Gasteiger partial charge on any atom is 0.408 e. The van der Waals surface area contributed by atoms with Crippen LogP contribution in [-0.4, -0.2) is 48.1 Å². The Labute approximate surface area is 145 Å². The summed E-state index contributed by atoms with van der Waals surface area (Å²) in [5.74, 6) is 1.23. The lowest BCUT2D eigenvalue weighted by Gasteiger charge is -2.05. The van der Waals surface area contributed by atoms with Crippen LogP contribution in [0.3, 0.4) is 0 Å². The van der Waals surface area contributed by atoms with E-state index in [4.69, 9.17) is 18.0 Å². The van der Waals surface area contributed by atoms with Crippen molar-refractivity contribution in [3.05, 3.63) is 11.1 Å². The van der Waals surface area contributed by atoms with Crippen molar-refractivity contribution in [2.24, 2.45) is 10.7 Å². The van der Waals surface area contributed by atoms with E-state index in [1.165, 1.54) is 11.3 Å². The summed E-state index contributed by atoms with van der Waals surface area (Å²) >= 11 is 7.86. The van der Waals surface area contributed by atoms with Gasteiger partial charge in [0.1, 0.15) is 6.54 Å². The minimum atomic E-state index is -4.37. The van der Waals surface area contributed by atoms with Crippen LogP contribution in [-0.2, 0) is 5.75 Å². The number of halogens is 3. The van der Waals surface area contributed by atoms with Crippen molar-refractivity contribution in [3.63, 3.8) is 0 Å². The molecule has 0 fully saturated rings. The van der Waals surface area contributed by atoms with Gasteiger partial charge in [-0.1, -0.05) is 0 Å². The Morgan fingerprint density at radius 2 is 2.26 bits per heavy atom. The van der Waals surface area contributed by atoms with Crippen LogP contribution in [0.4, 0.5) is 18.3 Å². The molecule has 0 unspecified atom stereocenters. The molecule has 6 nitrogen and oxygen atoms in total. The first-order valence-corrected chi connectivity index (χ1v) is 8.86. The number of guanidine groups is 1. The number of thiazole rings is 1. The van der Waals surface area contributed by atoms with Crippen molar-refractivity contribution in [3.8, 4) is 0 Å². The number of thioether (sulfide) groups is 1. The van der Waals surface area contributed by atoms with Crippen LogP contribution in [0.1, 0.15) is 5.69 Å². The largest absolute Gasteiger partial charge is 0.408 e. The van der Waals surface area contributed by atoms with E-state index in [0.29, 0.717) is 16.0 Å². The molecular formula is C11H17F3N6S3. The minimum Gasteiger partial charge on any atom is -0.370 e. The molecule has 0 amide bonds. The normalized spacial score (nSPS) is 12.1. The molecule has 0 saturated carbocycles. The fourth-order valence-electron chi connectivity index (χ4n) is 1.26. The lowest BCUT2D eigenvalue weighted by molar-refractivity contribution is -0.118. The van der Waals surface area contributed by atoms with Crippen molar-refractivity contribution >= 4 is 51.5 Å². The molecule has 1 heterocycles. The number of nitrogens with zero attached hydrogens (tertiary/aromatic N) is 2. The fraction of sp³-hybridized carbons (Fsp3) is 0.545. The molecule has 0 spiro atoms.